The van der Waals surface area contributed by atoms with E-state index < -0.39 is 12.0 Å². The summed E-state index contributed by atoms with van der Waals surface area (Å²) in [5.41, 5.74) is -0.0307. The summed E-state index contributed by atoms with van der Waals surface area (Å²) < 4.78 is 0. The summed E-state index contributed by atoms with van der Waals surface area (Å²) in [6.45, 7) is 1.91. The Hall–Kier alpha value is -1.79. The van der Waals surface area contributed by atoms with Crippen LogP contribution in [0, 0.1) is 17.8 Å². The molecule has 4 N–H and O–H groups in total. The number of hydrogen-bond donors (Lipinski definition) is 4. The lowest BCUT2D eigenvalue weighted by molar-refractivity contribution is -0.137. The van der Waals surface area contributed by atoms with E-state index in [0.717, 1.165) is 37.0 Å². The number of carboxylic acid groups (broad SMARTS) is 1. The molecule has 0 aromatic rings. The highest BCUT2D eigenvalue weighted by Gasteiger charge is 2.51. The van der Waals surface area contributed by atoms with E-state index in [2.05, 4.69) is 16.0 Å². The van der Waals surface area contributed by atoms with Crippen molar-refractivity contribution >= 4 is 17.9 Å². The summed E-state index contributed by atoms with van der Waals surface area (Å²) in [6, 6.07) is -0.598. The maximum absolute atomic E-state index is 12.2. The molecule has 4 bridgehead atoms. The van der Waals surface area contributed by atoms with Crippen molar-refractivity contribution in [3.05, 3.63) is 0 Å². The zero-order valence-corrected chi connectivity index (χ0v) is 14.8. The minimum absolute atomic E-state index is 0.0307. The molecule has 0 heterocycles. The van der Waals surface area contributed by atoms with Crippen molar-refractivity contribution < 1.29 is 19.5 Å². The maximum atomic E-state index is 12.2. The second kappa shape index (κ2) is 7.22. The third kappa shape index (κ3) is 4.64. The number of urea groups is 1. The Balaban J connectivity index is 1.37. The van der Waals surface area contributed by atoms with Gasteiger partial charge in [-0.2, -0.15) is 0 Å². The van der Waals surface area contributed by atoms with Crippen LogP contribution in [0.1, 0.15) is 58.3 Å². The summed E-state index contributed by atoms with van der Waals surface area (Å²) in [4.78, 5) is 34.6. The Morgan fingerprint density at radius 3 is 2.16 bits per heavy atom. The highest BCUT2D eigenvalue weighted by molar-refractivity contribution is 5.79. The van der Waals surface area contributed by atoms with E-state index in [-0.39, 0.29) is 36.9 Å². The molecule has 4 rings (SSSR count). The van der Waals surface area contributed by atoms with Crippen LogP contribution in [-0.4, -0.2) is 41.1 Å². The van der Waals surface area contributed by atoms with Gasteiger partial charge in [-0.25, -0.2) is 4.79 Å². The number of rotatable bonds is 7. The lowest BCUT2D eigenvalue weighted by Gasteiger charge is -2.56. The molecule has 0 aromatic carbocycles. The number of carbonyl (C=O) groups excluding carboxylic acids is 2. The molecule has 0 aromatic heterocycles. The van der Waals surface area contributed by atoms with Gasteiger partial charge in [-0.05, 0) is 63.2 Å². The fourth-order valence-electron chi connectivity index (χ4n) is 5.50. The molecule has 3 amide bonds. The molecule has 0 aliphatic heterocycles. The normalized spacial score (nSPS) is 33.6. The quantitative estimate of drug-likeness (QED) is 0.559. The summed E-state index contributed by atoms with van der Waals surface area (Å²) in [5.74, 6) is 1.12. The zero-order chi connectivity index (χ0) is 18.0. The summed E-state index contributed by atoms with van der Waals surface area (Å²) in [6.07, 6.45) is 7.33. The molecule has 4 aliphatic rings. The second-order valence-corrected chi connectivity index (χ2v) is 8.40. The number of hydrogen-bond acceptors (Lipinski definition) is 3. The molecule has 4 fully saturated rings. The van der Waals surface area contributed by atoms with E-state index in [4.69, 9.17) is 5.11 Å². The zero-order valence-electron chi connectivity index (χ0n) is 14.8. The van der Waals surface area contributed by atoms with Gasteiger partial charge in [0.05, 0.1) is 6.42 Å². The van der Waals surface area contributed by atoms with E-state index in [0.29, 0.717) is 0 Å². The molecule has 4 saturated carbocycles. The number of nitrogens with one attached hydrogen (secondary N) is 3. The monoisotopic (exact) mass is 351 g/mol. The summed E-state index contributed by atoms with van der Waals surface area (Å²) in [5, 5.41) is 17.3. The average Bonchev–Trinajstić information content (AvgIpc) is 2.43. The number of carbonyl (C=O) groups is 3. The van der Waals surface area contributed by atoms with Crippen molar-refractivity contribution in [2.45, 2.75) is 69.9 Å². The molecule has 4 aliphatic carbocycles. The number of carboxylic acids is 1. The van der Waals surface area contributed by atoms with Crippen molar-refractivity contribution in [3.63, 3.8) is 0 Å². The van der Waals surface area contributed by atoms with Gasteiger partial charge < -0.3 is 21.1 Å². The Bertz CT molecular complexity index is 513. The van der Waals surface area contributed by atoms with Crippen molar-refractivity contribution in [2.24, 2.45) is 17.8 Å². The predicted molar refractivity (Wildman–Crippen MR) is 91.9 cm³/mol. The Morgan fingerprint density at radius 2 is 1.64 bits per heavy atom. The highest BCUT2D eigenvalue weighted by atomic mass is 16.4. The molecule has 7 heteroatoms. The molecule has 25 heavy (non-hydrogen) atoms. The van der Waals surface area contributed by atoms with E-state index in [1.165, 1.54) is 19.3 Å². The first kappa shape index (κ1) is 18.0. The first-order chi connectivity index (χ1) is 11.8. The minimum atomic E-state index is -0.944. The molecular formula is C18H29N3O4. The molecule has 1 atom stereocenters. The number of aliphatic carboxylic acids is 1. The van der Waals surface area contributed by atoms with Crippen LogP contribution in [0.25, 0.3) is 0 Å². The van der Waals surface area contributed by atoms with Gasteiger partial charge in [0.25, 0.3) is 0 Å². The van der Waals surface area contributed by atoms with Gasteiger partial charge in [0.15, 0.2) is 0 Å². The lowest BCUT2D eigenvalue weighted by Crippen LogP contribution is -2.61. The molecular weight excluding hydrogens is 322 g/mol. The van der Waals surface area contributed by atoms with Crippen molar-refractivity contribution in [1.82, 2.24) is 16.0 Å². The van der Waals surface area contributed by atoms with Crippen LogP contribution in [0.15, 0.2) is 0 Å². The summed E-state index contributed by atoms with van der Waals surface area (Å²) >= 11 is 0. The Morgan fingerprint density at radius 1 is 1.08 bits per heavy atom. The van der Waals surface area contributed by atoms with Crippen LogP contribution in [-0.2, 0) is 9.59 Å². The van der Waals surface area contributed by atoms with E-state index in [1.807, 2.05) is 0 Å². The van der Waals surface area contributed by atoms with Gasteiger partial charge in [-0.15, -0.1) is 0 Å². The molecule has 0 saturated heterocycles. The first-order valence-electron chi connectivity index (χ1n) is 9.41. The Labute approximate surface area is 148 Å². The summed E-state index contributed by atoms with van der Waals surface area (Å²) in [7, 11) is 0. The molecule has 0 radical (unpaired) electrons. The first-order valence-corrected chi connectivity index (χ1v) is 9.41. The van der Waals surface area contributed by atoms with Crippen LogP contribution in [0.4, 0.5) is 4.79 Å². The molecule has 1 unspecified atom stereocenters. The van der Waals surface area contributed by atoms with Crippen LogP contribution < -0.4 is 16.0 Å². The van der Waals surface area contributed by atoms with Crippen LogP contribution >= 0.6 is 0 Å². The standard InChI is InChI=1S/C18H29N3O4/c1-11(4-16(23)24)20-15(22)2-3-19-17(25)21-18-8-12-5-13(9-18)7-14(6-12)10-18/h11-14H,2-10H2,1H3,(H,20,22)(H,23,24)(H2,19,21,25). The SMILES string of the molecule is CC(CC(=O)O)NC(=O)CCNC(=O)NC12CC3CC(CC(C3)C1)C2. The third-order valence-electron chi connectivity index (χ3n) is 5.94. The van der Waals surface area contributed by atoms with E-state index in [1.54, 1.807) is 6.92 Å². The molecule has 140 valence electrons. The van der Waals surface area contributed by atoms with Crippen LogP contribution in [0.3, 0.4) is 0 Å². The smallest absolute Gasteiger partial charge is 0.315 e. The fourth-order valence-corrected chi connectivity index (χ4v) is 5.50. The van der Waals surface area contributed by atoms with Crippen molar-refractivity contribution in [3.8, 4) is 0 Å². The Kier molecular flexibility index (Phi) is 5.20. The molecule has 0 spiro atoms. The van der Waals surface area contributed by atoms with Crippen LogP contribution in [0.5, 0.6) is 0 Å². The minimum Gasteiger partial charge on any atom is -0.481 e. The number of amides is 3. The lowest BCUT2D eigenvalue weighted by atomic mass is 9.53. The van der Waals surface area contributed by atoms with Gasteiger partial charge in [-0.3, -0.25) is 9.59 Å². The highest BCUT2D eigenvalue weighted by Crippen LogP contribution is 2.55. The van der Waals surface area contributed by atoms with Gasteiger partial charge in [0, 0.05) is 24.5 Å². The van der Waals surface area contributed by atoms with Gasteiger partial charge in [0.2, 0.25) is 5.91 Å². The van der Waals surface area contributed by atoms with Crippen molar-refractivity contribution in [1.29, 1.82) is 0 Å². The predicted octanol–water partition coefficient (Wildman–Crippen LogP) is 1.62. The maximum Gasteiger partial charge on any atom is 0.315 e. The topological polar surface area (TPSA) is 108 Å². The van der Waals surface area contributed by atoms with Crippen LogP contribution in [0.2, 0.25) is 0 Å². The molecule has 7 nitrogen and oxygen atoms in total. The van der Waals surface area contributed by atoms with Gasteiger partial charge in [-0.1, -0.05) is 0 Å². The van der Waals surface area contributed by atoms with E-state index >= 15 is 0 Å². The van der Waals surface area contributed by atoms with Crippen molar-refractivity contribution in [2.75, 3.05) is 6.54 Å². The fraction of sp³-hybridized carbons (Fsp3) is 0.833. The second-order valence-electron chi connectivity index (χ2n) is 8.40. The van der Waals surface area contributed by atoms with E-state index in [9.17, 15) is 14.4 Å². The third-order valence-corrected chi connectivity index (χ3v) is 5.94. The van der Waals surface area contributed by atoms with Gasteiger partial charge in [0.1, 0.15) is 0 Å². The average molecular weight is 351 g/mol. The largest absolute Gasteiger partial charge is 0.481 e. The van der Waals surface area contributed by atoms with Gasteiger partial charge >= 0.3 is 12.0 Å².